The molecule has 5 nitrogen and oxygen atoms in total. The Morgan fingerprint density at radius 2 is 1.85 bits per heavy atom. The highest BCUT2D eigenvalue weighted by Gasteiger charge is 2.23. The second-order valence-corrected chi connectivity index (χ2v) is 5.35. The molecule has 5 heteroatoms. The molecule has 1 rings (SSSR count). The van der Waals surface area contributed by atoms with Gasteiger partial charge < -0.3 is 9.80 Å². The van der Waals surface area contributed by atoms with E-state index in [2.05, 4.69) is 11.2 Å². The molecule has 1 fully saturated rings. The van der Waals surface area contributed by atoms with Crippen LogP contribution >= 0.6 is 0 Å². The maximum Gasteiger partial charge on any atom is 0.242 e. The van der Waals surface area contributed by atoms with Gasteiger partial charge in [-0.3, -0.25) is 14.9 Å². The van der Waals surface area contributed by atoms with Crippen molar-refractivity contribution < 1.29 is 9.59 Å². The third-order valence-corrected chi connectivity index (χ3v) is 3.82. The van der Waals surface area contributed by atoms with Gasteiger partial charge in [0.05, 0.1) is 19.6 Å². The minimum atomic E-state index is -0.120. The highest BCUT2D eigenvalue weighted by atomic mass is 16.2. The second-order valence-electron chi connectivity index (χ2n) is 5.35. The summed E-state index contributed by atoms with van der Waals surface area (Å²) in [5.74, 6) is 2.29. The van der Waals surface area contributed by atoms with E-state index < -0.39 is 0 Å². The van der Waals surface area contributed by atoms with Gasteiger partial charge in [-0.25, -0.2) is 0 Å². The first-order valence-electron chi connectivity index (χ1n) is 7.20. The third kappa shape index (κ3) is 5.22. The highest BCUT2D eigenvalue weighted by Crippen LogP contribution is 2.21. The Labute approximate surface area is 121 Å². The molecule has 1 aliphatic carbocycles. The smallest absolute Gasteiger partial charge is 0.242 e. The molecule has 1 saturated carbocycles. The van der Waals surface area contributed by atoms with Gasteiger partial charge in [-0.2, -0.15) is 0 Å². The van der Waals surface area contributed by atoms with Crippen LogP contribution in [0.15, 0.2) is 0 Å². The van der Waals surface area contributed by atoms with Gasteiger partial charge in [0.15, 0.2) is 0 Å². The lowest BCUT2D eigenvalue weighted by molar-refractivity contribution is -0.139. The molecule has 0 aromatic rings. The fraction of sp³-hybridized carbons (Fsp3) is 0.733. The van der Waals surface area contributed by atoms with Crippen LogP contribution in [0.3, 0.4) is 0 Å². The van der Waals surface area contributed by atoms with Crippen LogP contribution in [-0.2, 0) is 9.59 Å². The first-order valence-corrected chi connectivity index (χ1v) is 7.20. The Balaban J connectivity index is 2.36. The molecule has 20 heavy (non-hydrogen) atoms. The summed E-state index contributed by atoms with van der Waals surface area (Å²) in [5.41, 5.74) is 0. The molecule has 1 N–H and O–H groups in total. The largest absolute Gasteiger partial charge is 0.341 e. The first-order chi connectivity index (χ1) is 9.56. The Hall–Kier alpha value is -1.54. The number of hydrogen-bond donors (Lipinski definition) is 1. The predicted octanol–water partition coefficient (Wildman–Crippen LogP) is 0.459. The Bertz CT molecular complexity index is 370. The molecular formula is C15H25N3O2. The Kier molecular flexibility index (Phi) is 7.10. The number of hydrogen-bond acceptors (Lipinski definition) is 3. The predicted molar refractivity (Wildman–Crippen MR) is 79.0 cm³/mol. The van der Waals surface area contributed by atoms with Crippen LogP contribution in [0.25, 0.3) is 0 Å². The summed E-state index contributed by atoms with van der Waals surface area (Å²) >= 11 is 0. The highest BCUT2D eigenvalue weighted by molar-refractivity contribution is 5.85. The summed E-state index contributed by atoms with van der Waals surface area (Å²) < 4.78 is 0. The maximum atomic E-state index is 12.2. The summed E-state index contributed by atoms with van der Waals surface area (Å²) in [6.45, 7) is 0.653. The molecule has 0 aliphatic heterocycles. The molecule has 1 aliphatic rings. The van der Waals surface area contributed by atoms with Crippen LogP contribution in [0.2, 0.25) is 0 Å². The van der Waals surface area contributed by atoms with Crippen LogP contribution in [0.1, 0.15) is 32.1 Å². The van der Waals surface area contributed by atoms with Crippen molar-refractivity contribution in [2.45, 2.75) is 38.1 Å². The molecule has 2 amide bonds. The number of carbonyl (C=O) groups excluding carboxylic acids is 2. The van der Waals surface area contributed by atoms with Crippen molar-refractivity contribution in [3.05, 3.63) is 0 Å². The van der Waals surface area contributed by atoms with E-state index in [1.807, 2.05) is 7.05 Å². The standard InChI is InChI=1S/C15H25N3O2/c1-4-10-16-11-14(19)17(2)12-15(20)18(3)13-8-6-5-7-9-13/h1,13,16H,5-12H2,2-3H3. The third-order valence-electron chi connectivity index (χ3n) is 3.82. The van der Waals surface area contributed by atoms with Gasteiger partial charge in [0, 0.05) is 20.1 Å². The minimum Gasteiger partial charge on any atom is -0.341 e. The molecule has 0 heterocycles. The van der Waals surface area contributed by atoms with Crippen molar-refractivity contribution in [1.29, 1.82) is 0 Å². The Morgan fingerprint density at radius 1 is 1.20 bits per heavy atom. The van der Waals surface area contributed by atoms with Crippen molar-refractivity contribution in [2.75, 3.05) is 33.7 Å². The number of likely N-dealkylation sites (N-methyl/N-ethyl adjacent to an activating group) is 2. The van der Waals surface area contributed by atoms with E-state index in [0.29, 0.717) is 12.6 Å². The molecular weight excluding hydrogens is 254 g/mol. The molecule has 0 aromatic carbocycles. The fourth-order valence-corrected chi connectivity index (χ4v) is 2.45. The molecule has 0 bridgehead atoms. The van der Waals surface area contributed by atoms with Crippen LogP contribution in [0, 0.1) is 12.3 Å². The van der Waals surface area contributed by atoms with E-state index in [4.69, 9.17) is 6.42 Å². The maximum absolute atomic E-state index is 12.2. The monoisotopic (exact) mass is 279 g/mol. The van der Waals surface area contributed by atoms with Gasteiger partial charge in [-0.05, 0) is 12.8 Å². The molecule has 0 aromatic heterocycles. The number of amides is 2. The Morgan fingerprint density at radius 3 is 2.45 bits per heavy atom. The van der Waals surface area contributed by atoms with Crippen molar-refractivity contribution in [1.82, 2.24) is 15.1 Å². The van der Waals surface area contributed by atoms with E-state index >= 15 is 0 Å². The summed E-state index contributed by atoms with van der Waals surface area (Å²) in [5, 5.41) is 2.83. The zero-order valence-corrected chi connectivity index (χ0v) is 12.5. The molecule has 0 radical (unpaired) electrons. The van der Waals surface area contributed by atoms with E-state index in [0.717, 1.165) is 12.8 Å². The van der Waals surface area contributed by atoms with E-state index in [9.17, 15) is 9.59 Å². The quantitative estimate of drug-likeness (QED) is 0.568. The van der Waals surface area contributed by atoms with Gasteiger partial charge in [0.25, 0.3) is 0 Å². The summed E-state index contributed by atoms with van der Waals surface area (Å²) in [4.78, 5) is 27.2. The SMILES string of the molecule is C#CCNCC(=O)N(C)CC(=O)N(C)C1CCCCC1. The van der Waals surface area contributed by atoms with Gasteiger partial charge in [-0.1, -0.05) is 25.2 Å². The molecule has 0 spiro atoms. The van der Waals surface area contributed by atoms with Crippen molar-refractivity contribution in [2.24, 2.45) is 0 Å². The summed E-state index contributed by atoms with van der Waals surface area (Å²) in [6.07, 6.45) is 10.9. The zero-order chi connectivity index (χ0) is 15.0. The molecule has 0 saturated heterocycles. The number of nitrogens with one attached hydrogen (secondary N) is 1. The average Bonchev–Trinajstić information content (AvgIpc) is 2.47. The van der Waals surface area contributed by atoms with Crippen LogP contribution in [-0.4, -0.2) is 61.4 Å². The van der Waals surface area contributed by atoms with Crippen LogP contribution in [0.5, 0.6) is 0 Å². The average molecular weight is 279 g/mol. The van der Waals surface area contributed by atoms with Crippen molar-refractivity contribution in [3.8, 4) is 12.3 Å². The minimum absolute atomic E-state index is 0.00435. The van der Waals surface area contributed by atoms with E-state index in [-0.39, 0.29) is 24.9 Å². The lowest BCUT2D eigenvalue weighted by Crippen LogP contribution is -2.46. The molecule has 0 atom stereocenters. The molecule has 0 unspecified atom stereocenters. The van der Waals surface area contributed by atoms with Gasteiger partial charge in [0.1, 0.15) is 0 Å². The van der Waals surface area contributed by atoms with Crippen molar-refractivity contribution >= 4 is 11.8 Å². The lowest BCUT2D eigenvalue weighted by atomic mass is 9.94. The second kappa shape index (κ2) is 8.60. The van der Waals surface area contributed by atoms with E-state index in [1.54, 1.807) is 11.9 Å². The number of rotatable bonds is 6. The van der Waals surface area contributed by atoms with Crippen LogP contribution < -0.4 is 5.32 Å². The van der Waals surface area contributed by atoms with Gasteiger partial charge in [0.2, 0.25) is 11.8 Å². The fourth-order valence-electron chi connectivity index (χ4n) is 2.45. The van der Waals surface area contributed by atoms with E-state index in [1.165, 1.54) is 24.2 Å². The summed E-state index contributed by atoms with van der Waals surface area (Å²) in [7, 11) is 3.49. The van der Waals surface area contributed by atoms with Gasteiger partial charge in [-0.15, -0.1) is 6.42 Å². The number of carbonyl (C=O) groups is 2. The number of nitrogens with zero attached hydrogens (tertiary/aromatic N) is 2. The molecule has 112 valence electrons. The lowest BCUT2D eigenvalue weighted by Gasteiger charge is -2.32. The normalized spacial score (nSPS) is 15.4. The summed E-state index contributed by atoms with van der Waals surface area (Å²) in [6, 6.07) is 0.333. The zero-order valence-electron chi connectivity index (χ0n) is 12.5. The van der Waals surface area contributed by atoms with Crippen LogP contribution in [0.4, 0.5) is 0 Å². The van der Waals surface area contributed by atoms with Gasteiger partial charge >= 0.3 is 0 Å². The topological polar surface area (TPSA) is 52.7 Å². The van der Waals surface area contributed by atoms with Crippen molar-refractivity contribution in [3.63, 3.8) is 0 Å². The first kappa shape index (κ1) is 16.5. The number of terminal acetylenes is 1.